The fourth-order valence-corrected chi connectivity index (χ4v) is 3.20. The van der Waals surface area contributed by atoms with Gasteiger partial charge in [-0.05, 0) is 66.4 Å². The summed E-state index contributed by atoms with van der Waals surface area (Å²) in [6.07, 6.45) is 0. The molecule has 3 N–H and O–H groups in total. The molecule has 0 atom stereocenters. The molecule has 0 bridgehead atoms. The van der Waals surface area contributed by atoms with Crippen LogP contribution in [0.5, 0.6) is 17.2 Å². The van der Waals surface area contributed by atoms with Crippen LogP contribution in [0.4, 0.5) is 0 Å². The number of para-hydroxylation sites is 1. The van der Waals surface area contributed by atoms with Crippen LogP contribution in [0.25, 0.3) is 0 Å². The monoisotopic (exact) mass is 320 g/mol. The third-order valence-electron chi connectivity index (χ3n) is 4.08. The van der Waals surface area contributed by atoms with E-state index in [2.05, 4.69) is 0 Å². The molecular weight excluding hydrogens is 300 g/mol. The second kappa shape index (κ2) is 6.28. The number of phenols is 3. The minimum absolute atomic E-state index is 0.183. The Balaban J connectivity index is 2.26. The molecular formula is C21H20O3. The Labute approximate surface area is 141 Å². The van der Waals surface area contributed by atoms with Crippen molar-refractivity contribution in [3.8, 4) is 17.2 Å². The average molecular weight is 320 g/mol. The van der Waals surface area contributed by atoms with Crippen LogP contribution in [0, 0.1) is 13.8 Å². The second-order valence-corrected chi connectivity index (χ2v) is 6.20. The van der Waals surface area contributed by atoms with Crippen LogP contribution in [0.15, 0.2) is 60.7 Å². The summed E-state index contributed by atoms with van der Waals surface area (Å²) < 4.78 is 0. The SMILES string of the molecule is Cc1cc(O)cc(C(c2cc(C)cc(O)c2)c2ccccc2O)c1. The fourth-order valence-electron chi connectivity index (χ4n) is 3.20. The van der Waals surface area contributed by atoms with E-state index < -0.39 is 0 Å². The van der Waals surface area contributed by atoms with E-state index >= 15 is 0 Å². The molecule has 0 fully saturated rings. The van der Waals surface area contributed by atoms with Crippen molar-refractivity contribution in [2.24, 2.45) is 0 Å². The molecule has 0 aliphatic carbocycles. The Bertz CT molecular complexity index is 792. The van der Waals surface area contributed by atoms with E-state index in [9.17, 15) is 15.3 Å². The summed E-state index contributed by atoms with van der Waals surface area (Å²) >= 11 is 0. The highest BCUT2D eigenvalue weighted by atomic mass is 16.3. The maximum atomic E-state index is 10.4. The molecule has 0 unspecified atom stereocenters. The summed E-state index contributed by atoms with van der Waals surface area (Å²) in [5.74, 6) is 0.261. The lowest BCUT2D eigenvalue weighted by Gasteiger charge is -2.21. The zero-order valence-corrected chi connectivity index (χ0v) is 13.7. The van der Waals surface area contributed by atoms with Crippen molar-refractivity contribution < 1.29 is 15.3 Å². The summed E-state index contributed by atoms with van der Waals surface area (Å²) in [5.41, 5.74) is 4.31. The largest absolute Gasteiger partial charge is 0.508 e. The zero-order valence-electron chi connectivity index (χ0n) is 13.7. The lowest BCUT2D eigenvalue weighted by Crippen LogP contribution is -2.04. The van der Waals surface area contributed by atoms with E-state index in [1.54, 1.807) is 36.4 Å². The van der Waals surface area contributed by atoms with Crippen molar-refractivity contribution in [2.45, 2.75) is 19.8 Å². The lowest BCUT2D eigenvalue weighted by atomic mass is 9.83. The lowest BCUT2D eigenvalue weighted by molar-refractivity contribution is 0.464. The Morgan fingerprint density at radius 2 is 1.17 bits per heavy atom. The van der Waals surface area contributed by atoms with Gasteiger partial charge in [0.25, 0.3) is 0 Å². The number of aromatic hydroxyl groups is 3. The first kappa shape index (κ1) is 15.9. The van der Waals surface area contributed by atoms with Crippen LogP contribution in [0.3, 0.4) is 0 Å². The van der Waals surface area contributed by atoms with Gasteiger partial charge in [-0.2, -0.15) is 0 Å². The third kappa shape index (κ3) is 3.20. The quantitative estimate of drug-likeness (QED) is 0.618. The van der Waals surface area contributed by atoms with Gasteiger partial charge in [-0.25, -0.2) is 0 Å². The molecule has 3 aromatic rings. The molecule has 3 heteroatoms. The van der Waals surface area contributed by atoms with Crippen molar-refractivity contribution in [3.05, 3.63) is 88.5 Å². The van der Waals surface area contributed by atoms with Crippen LogP contribution >= 0.6 is 0 Å². The molecule has 0 aliphatic rings. The fraction of sp³-hybridized carbons (Fsp3) is 0.143. The van der Waals surface area contributed by atoms with Crippen molar-refractivity contribution in [1.29, 1.82) is 0 Å². The molecule has 0 saturated heterocycles. The normalized spacial score (nSPS) is 11.0. The highest BCUT2D eigenvalue weighted by Crippen LogP contribution is 2.39. The van der Waals surface area contributed by atoms with Crippen LogP contribution in [-0.2, 0) is 0 Å². The Morgan fingerprint density at radius 3 is 1.62 bits per heavy atom. The highest BCUT2D eigenvalue weighted by Gasteiger charge is 2.21. The van der Waals surface area contributed by atoms with E-state index in [0.29, 0.717) is 0 Å². The van der Waals surface area contributed by atoms with Gasteiger partial charge in [0.05, 0.1) is 0 Å². The van der Waals surface area contributed by atoms with E-state index in [0.717, 1.165) is 27.8 Å². The number of benzene rings is 3. The Morgan fingerprint density at radius 1 is 0.667 bits per heavy atom. The molecule has 0 radical (unpaired) electrons. The maximum absolute atomic E-state index is 10.4. The summed E-state index contributed by atoms with van der Waals surface area (Å²) in [6.45, 7) is 3.83. The molecule has 3 nitrogen and oxygen atoms in total. The molecule has 0 amide bonds. The van der Waals surface area contributed by atoms with Crippen LogP contribution in [0.2, 0.25) is 0 Å². The van der Waals surface area contributed by atoms with Crippen molar-refractivity contribution in [2.75, 3.05) is 0 Å². The van der Waals surface area contributed by atoms with Crippen molar-refractivity contribution >= 4 is 0 Å². The van der Waals surface area contributed by atoms with Gasteiger partial charge in [0.1, 0.15) is 17.2 Å². The predicted molar refractivity (Wildman–Crippen MR) is 94.7 cm³/mol. The molecule has 3 aromatic carbocycles. The van der Waals surface area contributed by atoms with Gasteiger partial charge in [-0.15, -0.1) is 0 Å². The van der Waals surface area contributed by atoms with E-state index in [4.69, 9.17) is 0 Å². The average Bonchev–Trinajstić information content (AvgIpc) is 2.47. The van der Waals surface area contributed by atoms with Gasteiger partial charge in [0.15, 0.2) is 0 Å². The first-order valence-corrected chi connectivity index (χ1v) is 7.83. The number of hydrogen-bond donors (Lipinski definition) is 3. The third-order valence-corrected chi connectivity index (χ3v) is 4.08. The summed E-state index contributed by atoms with van der Waals surface area (Å²) in [4.78, 5) is 0. The first-order valence-electron chi connectivity index (χ1n) is 7.83. The maximum Gasteiger partial charge on any atom is 0.119 e. The number of rotatable bonds is 3. The smallest absolute Gasteiger partial charge is 0.119 e. The summed E-state index contributed by atoms with van der Waals surface area (Å²) in [6, 6.07) is 17.9. The van der Waals surface area contributed by atoms with Gasteiger partial charge in [0, 0.05) is 11.5 Å². The van der Waals surface area contributed by atoms with Gasteiger partial charge >= 0.3 is 0 Å². The van der Waals surface area contributed by atoms with Crippen molar-refractivity contribution in [1.82, 2.24) is 0 Å². The molecule has 24 heavy (non-hydrogen) atoms. The van der Waals surface area contributed by atoms with Gasteiger partial charge in [-0.3, -0.25) is 0 Å². The van der Waals surface area contributed by atoms with Crippen molar-refractivity contribution in [3.63, 3.8) is 0 Å². The molecule has 3 rings (SSSR count). The van der Waals surface area contributed by atoms with Crippen LogP contribution in [-0.4, -0.2) is 15.3 Å². The first-order chi connectivity index (χ1) is 11.4. The topological polar surface area (TPSA) is 60.7 Å². The summed E-state index contributed by atoms with van der Waals surface area (Å²) in [7, 11) is 0. The number of phenolic OH excluding ortho intramolecular Hbond substituents is 3. The molecule has 0 spiro atoms. The van der Waals surface area contributed by atoms with Crippen LogP contribution in [0.1, 0.15) is 33.7 Å². The molecule has 122 valence electrons. The van der Waals surface area contributed by atoms with E-state index in [1.165, 1.54) is 0 Å². The van der Waals surface area contributed by atoms with Gasteiger partial charge in [0.2, 0.25) is 0 Å². The molecule has 0 saturated carbocycles. The van der Waals surface area contributed by atoms with Gasteiger partial charge < -0.3 is 15.3 Å². The van der Waals surface area contributed by atoms with Crippen LogP contribution < -0.4 is 0 Å². The summed E-state index contributed by atoms with van der Waals surface area (Å²) in [5, 5.41) is 30.4. The number of hydrogen-bond acceptors (Lipinski definition) is 3. The zero-order chi connectivity index (χ0) is 17.3. The standard InChI is InChI=1S/C21H20O3/c1-13-7-15(11-17(22)9-13)21(19-5-3-4-6-20(19)24)16-8-14(2)10-18(23)12-16/h3-12,21-24H,1-2H3. The molecule has 0 aliphatic heterocycles. The second-order valence-electron chi connectivity index (χ2n) is 6.20. The minimum atomic E-state index is -0.289. The highest BCUT2D eigenvalue weighted by molar-refractivity contribution is 5.52. The van der Waals surface area contributed by atoms with E-state index in [-0.39, 0.29) is 23.2 Å². The molecule has 0 heterocycles. The predicted octanol–water partition coefficient (Wildman–Crippen LogP) is 4.60. The Kier molecular flexibility index (Phi) is 4.17. The van der Waals surface area contributed by atoms with Gasteiger partial charge in [-0.1, -0.05) is 30.3 Å². The minimum Gasteiger partial charge on any atom is -0.508 e. The van der Waals surface area contributed by atoms with E-state index in [1.807, 2.05) is 38.1 Å². The Hall–Kier alpha value is -2.94. The number of aryl methyl sites for hydroxylation is 2. The molecule has 0 aromatic heterocycles.